The Hall–Kier alpha value is -1.54. The molecule has 5 nitrogen and oxygen atoms in total. The molecule has 1 aliphatic heterocycles. The van der Waals surface area contributed by atoms with Gasteiger partial charge in [-0.15, -0.1) is 0 Å². The molecule has 2 aromatic rings. The average molecular weight is 353 g/mol. The van der Waals surface area contributed by atoms with Crippen LogP contribution in [0.25, 0.3) is 0 Å². The minimum Gasteiger partial charge on any atom is -0.378 e. The van der Waals surface area contributed by atoms with Crippen LogP contribution >= 0.6 is 10.6 Å². The smallest absolute Gasteiger partial charge is 0.187 e. The summed E-state index contributed by atoms with van der Waals surface area (Å²) in [6.45, 7) is 0. The Kier molecular flexibility index (Phi) is 3.92. The van der Waals surface area contributed by atoms with E-state index in [-0.39, 0.29) is 10.6 Å². The van der Waals surface area contributed by atoms with Crippen LogP contribution in [0.3, 0.4) is 0 Å². The number of hydrogen-bond donors (Lipinski definition) is 2. The summed E-state index contributed by atoms with van der Waals surface area (Å²) in [5, 5.41) is -0.930. The first-order chi connectivity index (χ1) is 10.7. The second kappa shape index (κ2) is 5.52. The van der Waals surface area contributed by atoms with Crippen LogP contribution < -0.4 is 4.90 Å². The van der Waals surface area contributed by atoms with Gasteiger partial charge in [-0.3, -0.25) is 9.11 Å². The Balaban J connectivity index is 2.13. The first-order valence-electron chi connectivity index (χ1n) is 7.09. The Morgan fingerprint density at radius 1 is 1.09 bits per heavy atom. The topological polar surface area (TPSA) is 77.8 Å². The van der Waals surface area contributed by atoms with Crippen LogP contribution in [0, 0.1) is 0 Å². The third-order valence-corrected chi connectivity index (χ3v) is 8.21. The highest BCUT2D eigenvalue weighted by Crippen LogP contribution is 2.61. The number of hydrogen-bond acceptors (Lipinski definition) is 5. The van der Waals surface area contributed by atoms with Gasteiger partial charge in [0.25, 0.3) is 0 Å². The van der Waals surface area contributed by atoms with Crippen molar-refractivity contribution in [3.05, 3.63) is 54.1 Å². The van der Waals surface area contributed by atoms with Gasteiger partial charge in [0.2, 0.25) is 0 Å². The average Bonchev–Trinajstić information content (AvgIpc) is 2.80. The van der Waals surface area contributed by atoms with E-state index in [1.54, 1.807) is 36.4 Å². The first kappa shape index (κ1) is 16.3. The van der Waals surface area contributed by atoms with Crippen molar-refractivity contribution in [2.75, 3.05) is 24.7 Å². The lowest BCUT2D eigenvalue weighted by atomic mass is 10.1. The molecule has 0 bridgehead atoms. The molecule has 2 aromatic carbocycles. The van der Waals surface area contributed by atoms with E-state index in [1.807, 2.05) is 19.0 Å². The number of sulfone groups is 1. The standard InChI is InChI=1S/C16H19NO4S2/c1-17(2)12-8-9-14-15(10-12)22(18,19)11-16(14)23(20,21)13-6-4-3-5-7-13/h3-10,16,18-19H,11H2,1-2H3. The van der Waals surface area contributed by atoms with Crippen LogP contribution in [-0.2, 0) is 9.84 Å². The fraction of sp³-hybridized carbons (Fsp3) is 0.250. The van der Waals surface area contributed by atoms with Gasteiger partial charge in [0.05, 0.1) is 15.5 Å². The van der Waals surface area contributed by atoms with Crippen molar-refractivity contribution < 1.29 is 17.5 Å². The molecule has 1 atom stereocenters. The minimum absolute atomic E-state index is 0.184. The van der Waals surface area contributed by atoms with Crippen molar-refractivity contribution in [1.82, 2.24) is 0 Å². The monoisotopic (exact) mass is 353 g/mol. The maximum absolute atomic E-state index is 12.9. The lowest BCUT2D eigenvalue weighted by Crippen LogP contribution is -2.15. The van der Waals surface area contributed by atoms with Gasteiger partial charge in [0.1, 0.15) is 5.25 Å². The van der Waals surface area contributed by atoms with E-state index in [4.69, 9.17) is 0 Å². The Morgan fingerprint density at radius 3 is 2.35 bits per heavy atom. The van der Waals surface area contributed by atoms with Gasteiger partial charge in [0.15, 0.2) is 9.84 Å². The fourth-order valence-corrected chi connectivity index (χ4v) is 7.22. The molecule has 0 amide bonds. The lowest BCUT2D eigenvalue weighted by molar-refractivity contribution is 0.491. The molecule has 1 unspecified atom stereocenters. The van der Waals surface area contributed by atoms with E-state index in [0.29, 0.717) is 10.5 Å². The Bertz CT molecular complexity index is 832. The quantitative estimate of drug-likeness (QED) is 0.884. The largest absolute Gasteiger partial charge is 0.378 e. The molecule has 1 aliphatic rings. The van der Waals surface area contributed by atoms with Gasteiger partial charge in [-0.25, -0.2) is 8.42 Å². The predicted molar refractivity (Wildman–Crippen MR) is 93.1 cm³/mol. The fourth-order valence-electron chi connectivity index (χ4n) is 2.77. The zero-order chi connectivity index (χ0) is 16.8. The highest BCUT2D eigenvalue weighted by atomic mass is 32.3. The molecule has 0 radical (unpaired) electrons. The Labute approximate surface area is 137 Å². The summed E-state index contributed by atoms with van der Waals surface area (Å²) in [5.41, 5.74) is 1.29. The number of rotatable bonds is 3. The zero-order valence-electron chi connectivity index (χ0n) is 12.9. The molecule has 0 aliphatic carbocycles. The highest BCUT2D eigenvalue weighted by Gasteiger charge is 2.43. The molecule has 0 spiro atoms. The number of nitrogens with zero attached hydrogens (tertiary/aromatic N) is 1. The van der Waals surface area contributed by atoms with Crippen LogP contribution in [-0.4, -0.2) is 37.4 Å². The van der Waals surface area contributed by atoms with Gasteiger partial charge in [-0.05, 0) is 29.8 Å². The second-order valence-electron chi connectivity index (χ2n) is 5.80. The van der Waals surface area contributed by atoms with Crippen LogP contribution in [0.5, 0.6) is 0 Å². The summed E-state index contributed by atoms with van der Waals surface area (Å²) in [5.74, 6) is -0.184. The predicted octanol–water partition coefficient (Wildman–Crippen LogP) is 3.39. The molecule has 2 N–H and O–H groups in total. The summed E-state index contributed by atoms with van der Waals surface area (Å²) in [4.78, 5) is 2.38. The summed E-state index contributed by atoms with van der Waals surface area (Å²) in [6.07, 6.45) is 0. The number of anilines is 1. The maximum Gasteiger partial charge on any atom is 0.187 e. The molecule has 1 heterocycles. The van der Waals surface area contributed by atoms with Gasteiger partial charge < -0.3 is 4.90 Å². The van der Waals surface area contributed by atoms with Gasteiger partial charge >= 0.3 is 0 Å². The van der Waals surface area contributed by atoms with Crippen molar-refractivity contribution in [2.24, 2.45) is 0 Å². The molecule has 0 saturated carbocycles. The van der Waals surface area contributed by atoms with Crippen LogP contribution in [0.4, 0.5) is 5.69 Å². The van der Waals surface area contributed by atoms with E-state index in [9.17, 15) is 17.5 Å². The molecule has 0 aromatic heterocycles. The summed E-state index contributed by atoms with van der Waals surface area (Å²) < 4.78 is 46.5. The van der Waals surface area contributed by atoms with Crippen molar-refractivity contribution in [2.45, 2.75) is 15.0 Å². The normalized spacial score (nSPS) is 20.8. The molecule has 23 heavy (non-hydrogen) atoms. The summed E-state index contributed by atoms with van der Waals surface area (Å²) in [7, 11) is -3.08. The number of fused-ring (bicyclic) bond motifs is 1. The molecule has 0 saturated heterocycles. The van der Waals surface area contributed by atoms with Gasteiger partial charge in [-0.1, -0.05) is 24.3 Å². The molecular weight excluding hydrogens is 334 g/mol. The molecular formula is C16H19NO4S2. The van der Waals surface area contributed by atoms with Crippen LogP contribution in [0.2, 0.25) is 0 Å². The van der Waals surface area contributed by atoms with E-state index < -0.39 is 25.7 Å². The third kappa shape index (κ3) is 2.74. The molecule has 3 rings (SSSR count). The number of benzene rings is 2. The van der Waals surface area contributed by atoms with E-state index >= 15 is 0 Å². The van der Waals surface area contributed by atoms with Crippen LogP contribution in [0.1, 0.15) is 10.8 Å². The Morgan fingerprint density at radius 2 is 1.74 bits per heavy atom. The summed E-state index contributed by atoms with van der Waals surface area (Å²) >= 11 is 0. The first-order valence-corrected chi connectivity index (χ1v) is 10.4. The van der Waals surface area contributed by atoms with E-state index in [0.717, 1.165) is 5.69 Å². The molecule has 0 fully saturated rings. The van der Waals surface area contributed by atoms with Crippen molar-refractivity contribution in [3.63, 3.8) is 0 Å². The van der Waals surface area contributed by atoms with Gasteiger partial charge in [-0.2, -0.15) is 10.6 Å². The van der Waals surface area contributed by atoms with E-state index in [1.165, 1.54) is 12.1 Å². The van der Waals surface area contributed by atoms with Gasteiger partial charge in [0, 0.05) is 19.8 Å². The van der Waals surface area contributed by atoms with Crippen molar-refractivity contribution in [1.29, 1.82) is 0 Å². The second-order valence-corrected chi connectivity index (χ2v) is 10.0. The molecule has 124 valence electrons. The summed E-state index contributed by atoms with van der Waals surface area (Å²) in [6, 6.07) is 13.3. The molecule has 7 heteroatoms. The van der Waals surface area contributed by atoms with Crippen molar-refractivity contribution >= 4 is 26.1 Å². The zero-order valence-corrected chi connectivity index (χ0v) is 14.5. The lowest BCUT2D eigenvalue weighted by Gasteiger charge is -2.28. The van der Waals surface area contributed by atoms with E-state index in [2.05, 4.69) is 0 Å². The SMILES string of the molecule is CN(C)c1ccc2c(c1)S(O)(O)CC2S(=O)(=O)c1ccccc1. The van der Waals surface area contributed by atoms with Crippen molar-refractivity contribution in [3.8, 4) is 0 Å². The minimum atomic E-state index is -3.67. The van der Waals surface area contributed by atoms with Crippen LogP contribution in [0.15, 0.2) is 58.3 Å². The maximum atomic E-state index is 12.9. The highest BCUT2D eigenvalue weighted by molar-refractivity contribution is 8.25. The third-order valence-electron chi connectivity index (χ3n) is 4.04.